The third-order valence-electron chi connectivity index (χ3n) is 3.88. The Morgan fingerprint density at radius 2 is 0.929 bits per heavy atom. The Morgan fingerprint density at radius 1 is 0.607 bits per heavy atom. The summed E-state index contributed by atoms with van der Waals surface area (Å²) in [6, 6.07) is 0. The largest absolute Gasteiger partial charge is 0.535 e. The zero-order valence-electron chi connectivity index (χ0n) is 18.9. The Labute approximate surface area is 174 Å². The lowest BCUT2D eigenvalue weighted by molar-refractivity contribution is 0.0602. The van der Waals surface area contributed by atoms with Crippen LogP contribution in [0.2, 0.25) is 0 Å². The Bertz CT molecular complexity index is 369. The first kappa shape index (κ1) is 27.7. The first-order valence-corrected chi connectivity index (χ1v) is 14.2. The van der Waals surface area contributed by atoms with Gasteiger partial charge in [-0.25, -0.2) is 0 Å². The van der Waals surface area contributed by atoms with Gasteiger partial charge < -0.3 is 26.6 Å². The van der Waals surface area contributed by atoms with Gasteiger partial charge in [-0.3, -0.25) is 0 Å². The molecule has 0 aliphatic carbocycles. The molecule has 0 aromatic carbocycles. The molecule has 0 heterocycles. The van der Waals surface area contributed by atoms with E-state index in [-0.39, 0.29) is 0 Å². The molecular formula is C20H42O6Si2. The molecule has 0 saturated heterocycles. The van der Waals surface area contributed by atoms with E-state index in [4.69, 9.17) is 26.6 Å². The van der Waals surface area contributed by atoms with Crippen molar-refractivity contribution in [3.05, 3.63) is 23.6 Å². The fourth-order valence-corrected chi connectivity index (χ4v) is 10.3. The molecule has 0 aliphatic heterocycles. The second kappa shape index (κ2) is 16.5. The molecule has 0 unspecified atom stereocenters. The molecule has 0 amide bonds. The van der Waals surface area contributed by atoms with Crippen LogP contribution in [-0.2, 0) is 26.6 Å². The molecule has 0 aliphatic rings. The van der Waals surface area contributed by atoms with E-state index in [1.165, 1.54) is 0 Å². The number of hydrogen-bond donors (Lipinski definition) is 0. The summed E-state index contributed by atoms with van der Waals surface area (Å²) in [6.45, 7) is 18.4. The minimum absolute atomic E-state index is 0.481. The summed E-state index contributed by atoms with van der Waals surface area (Å²) >= 11 is 0. The van der Waals surface area contributed by atoms with E-state index in [0.717, 1.165) is 30.5 Å². The second-order valence-electron chi connectivity index (χ2n) is 5.90. The van der Waals surface area contributed by atoms with Gasteiger partial charge in [0, 0.05) is 39.6 Å². The lowest BCUT2D eigenvalue weighted by Crippen LogP contribution is -2.62. The average molecular weight is 435 g/mol. The normalized spacial score (nSPS) is 12.2. The highest BCUT2D eigenvalue weighted by molar-refractivity contribution is 6.91. The minimum Gasteiger partial charge on any atom is -0.371 e. The third-order valence-corrected chi connectivity index (χ3v) is 11.5. The quantitative estimate of drug-likeness (QED) is 0.165. The smallest absolute Gasteiger partial charge is 0.371 e. The minimum atomic E-state index is -3.21. The fraction of sp³-hybridized carbons (Fsp3) is 0.800. The summed E-state index contributed by atoms with van der Waals surface area (Å²) in [5, 5.41) is 0. The highest BCUT2D eigenvalue weighted by atomic mass is 28.5. The number of unbranched alkanes of at least 4 members (excludes halogenated alkanes) is 3. The molecule has 8 heteroatoms. The molecule has 0 rings (SSSR count). The maximum absolute atomic E-state index is 6.20. The number of allylic oxidation sites excluding steroid dienone is 2. The standard InChI is InChI=1S/C20H42O6Si2/c1-8-15-16-17-18-19-20(27(21-9-2,22-10-3)23-11-4)28(24-12-5,25-13-6)26-14-7/h8,19H,1,9-18H2,2-7H3. The van der Waals surface area contributed by atoms with Crippen LogP contribution in [0.4, 0.5) is 0 Å². The van der Waals surface area contributed by atoms with Crippen molar-refractivity contribution in [3.8, 4) is 0 Å². The lowest BCUT2D eigenvalue weighted by Gasteiger charge is -2.38. The molecule has 0 atom stereocenters. The van der Waals surface area contributed by atoms with Gasteiger partial charge in [0.05, 0.1) is 4.82 Å². The van der Waals surface area contributed by atoms with E-state index in [1.54, 1.807) is 0 Å². The predicted octanol–water partition coefficient (Wildman–Crippen LogP) is 4.83. The predicted molar refractivity (Wildman–Crippen MR) is 118 cm³/mol. The Kier molecular flexibility index (Phi) is 16.3. The molecule has 0 aromatic rings. The number of rotatable bonds is 19. The summed E-state index contributed by atoms with van der Waals surface area (Å²) in [5.74, 6) is 0. The van der Waals surface area contributed by atoms with Gasteiger partial charge in [0.15, 0.2) is 0 Å². The fourth-order valence-electron chi connectivity index (χ4n) is 2.97. The molecule has 166 valence electrons. The SMILES string of the molecule is C=CCCCCC=C([Si](OCC)(OCC)OCC)[Si](OCC)(OCC)OCC. The second-order valence-corrected chi connectivity index (χ2v) is 11.4. The van der Waals surface area contributed by atoms with E-state index >= 15 is 0 Å². The Hall–Kier alpha value is -0.326. The van der Waals surface area contributed by atoms with Crippen LogP contribution in [0.15, 0.2) is 23.6 Å². The molecule has 0 N–H and O–H groups in total. The summed E-state index contributed by atoms with van der Waals surface area (Å²) in [4.78, 5) is 0.842. The van der Waals surface area contributed by atoms with E-state index in [1.807, 2.05) is 47.6 Å². The van der Waals surface area contributed by atoms with Gasteiger partial charge in [-0.15, -0.1) is 6.58 Å². The van der Waals surface area contributed by atoms with Crippen molar-refractivity contribution in [2.24, 2.45) is 0 Å². The highest BCUT2D eigenvalue weighted by Crippen LogP contribution is 2.32. The monoisotopic (exact) mass is 434 g/mol. The van der Waals surface area contributed by atoms with Gasteiger partial charge >= 0.3 is 17.6 Å². The van der Waals surface area contributed by atoms with E-state index in [2.05, 4.69) is 12.7 Å². The van der Waals surface area contributed by atoms with Crippen LogP contribution in [0, 0.1) is 0 Å². The van der Waals surface area contributed by atoms with E-state index in [0.29, 0.717) is 39.6 Å². The highest BCUT2D eigenvalue weighted by Gasteiger charge is 2.61. The topological polar surface area (TPSA) is 55.4 Å². The van der Waals surface area contributed by atoms with Crippen LogP contribution in [-0.4, -0.2) is 57.3 Å². The molecule has 0 aromatic heterocycles. The molecule has 0 spiro atoms. The first-order valence-electron chi connectivity index (χ1n) is 10.7. The van der Waals surface area contributed by atoms with Crippen LogP contribution >= 0.6 is 0 Å². The molecule has 0 fully saturated rings. The maximum Gasteiger partial charge on any atom is 0.535 e. The summed E-state index contributed by atoms with van der Waals surface area (Å²) < 4.78 is 37.2. The lowest BCUT2D eigenvalue weighted by atomic mass is 10.2. The Balaban J connectivity index is 6.26. The van der Waals surface area contributed by atoms with Crippen molar-refractivity contribution >= 4 is 17.6 Å². The van der Waals surface area contributed by atoms with Gasteiger partial charge in [-0.05, 0) is 67.2 Å². The van der Waals surface area contributed by atoms with Crippen LogP contribution in [0.25, 0.3) is 0 Å². The number of hydrogen-bond acceptors (Lipinski definition) is 6. The van der Waals surface area contributed by atoms with E-state index in [9.17, 15) is 0 Å². The molecule has 28 heavy (non-hydrogen) atoms. The first-order chi connectivity index (χ1) is 13.6. The van der Waals surface area contributed by atoms with Gasteiger partial charge in [-0.2, -0.15) is 0 Å². The molecular weight excluding hydrogens is 392 g/mol. The Morgan fingerprint density at radius 3 is 1.21 bits per heavy atom. The van der Waals surface area contributed by atoms with Crippen LogP contribution in [0.5, 0.6) is 0 Å². The van der Waals surface area contributed by atoms with Crippen LogP contribution in [0.1, 0.15) is 67.2 Å². The van der Waals surface area contributed by atoms with Crippen molar-refractivity contribution in [1.82, 2.24) is 0 Å². The van der Waals surface area contributed by atoms with Crippen molar-refractivity contribution in [2.75, 3.05) is 39.6 Å². The van der Waals surface area contributed by atoms with Crippen LogP contribution < -0.4 is 0 Å². The zero-order chi connectivity index (χ0) is 21.3. The maximum atomic E-state index is 6.20. The molecule has 0 radical (unpaired) electrons. The van der Waals surface area contributed by atoms with Crippen LogP contribution in [0.3, 0.4) is 0 Å². The van der Waals surface area contributed by atoms with Crippen molar-refractivity contribution in [1.29, 1.82) is 0 Å². The summed E-state index contributed by atoms with van der Waals surface area (Å²) in [7, 11) is -6.43. The van der Waals surface area contributed by atoms with Gasteiger partial charge in [-0.1, -0.05) is 12.2 Å². The zero-order valence-corrected chi connectivity index (χ0v) is 20.9. The van der Waals surface area contributed by atoms with Crippen molar-refractivity contribution in [2.45, 2.75) is 67.2 Å². The van der Waals surface area contributed by atoms with Crippen molar-refractivity contribution in [3.63, 3.8) is 0 Å². The van der Waals surface area contributed by atoms with Gasteiger partial charge in [0.25, 0.3) is 0 Å². The summed E-state index contributed by atoms with van der Waals surface area (Å²) in [6.07, 6.45) is 8.05. The van der Waals surface area contributed by atoms with Gasteiger partial charge in [0.1, 0.15) is 0 Å². The van der Waals surface area contributed by atoms with Gasteiger partial charge in [0.2, 0.25) is 0 Å². The molecule has 0 saturated carbocycles. The summed E-state index contributed by atoms with van der Waals surface area (Å²) in [5.41, 5.74) is 0. The van der Waals surface area contributed by atoms with E-state index < -0.39 is 17.6 Å². The average Bonchev–Trinajstić information content (AvgIpc) is 2.65. The third kappa shape index (κ3) is 8.58. The van der Waals surface area contributed by atoms with Crippen molar-refractivity contribution < 1.29 is 26.6 Å². The molecule has 0 bridgehead atoms. The molecule has 6 nitrogen and oxygen atoms in total.